The van der Waals surface area contributed by atoms with Gasteiger partial charge >= 0.3 is 5.97 Å². The number of aliphatic hydroxyl groups is 1. The van der Waals surface area contributed by atoms with Gasteiger partial charge in [-0.1, -0.05) is 13.8 Å². The number of hydrogen-bond acceptors (Lipinski definition) is 4. The summed E-state index contributed by atoms with van der Waals surface area (Å²) in [5.74, 6) is -0.999. The summed E-state index contributed by atoms with van der Waals surface area (Å²) in [7, 11) is 0. The van der Waals surface area contributed by atoms with Crippen LogP contribution < -0.4 is 5.32 Å². The second-order valence-electron chi connectivity index (χ2n) is 4.72. The normalized spacial score (nSPS) is 11.2. The van der Waals surface area contributed by atoms with Crippen molar-refractivity contribution in [2.45, 2.75) is 20.3 Å². The van der Waals surface area contributed by atoms with Crippen LogP contribution in [0.25, 0.3) is 0 Å². The number of carboxylic acid groups (broad SMARTS) is 1. The average Bonchev–Trinajstić information content (AvgIpc) is 2.27. The maximum Gasteiger partial charge on any atom is 0.339 e. The van der Waals surface area contributed by atoms with E-state index >= 15 is 0 Å². The monoisotopic (exact) mass is 238 g/mol. The summed E-state index contributed by atoms with van der Waals surface area (Å²) in [4.78, 5) is 14.7. The number of pyridine rings is 1. The first-order chi connectivity index (χ1) is 7.96. The number of anilines is 1. The Morgan fingerprint density at radius 1 is 1.53 bits per heavy atom. The van der Waals surface area contributed by atoms with Gasteiger partial charge in [-0.05, 0) is 17.9 Å². The van der Waals surface area contributed by atoms with Crippen molar-refractivity contribution in [3.05, 3.63) is 24.0 Å². The molecule has 0 atom stereocenters. The van der Waals surface area contributed by atoms with E-state index in [0.29, 0.717) is 18.7 Å². The molecule has 0 spiro atoms. The standard InChI is InChI=1S/C12H18N2O3/c1-12(2,4-6-15)8-14-10-3-5-13-7-9(10)11(16)17/h3,5,7,15H,4,6,8H2,1-2H3,(H,13,14)(H,16,17). The largest absolute Gasteiger partial charge is 0.478 e. The van der Waals surface area contributed by atoms with Gasteiger partial charge in [0, 0.05) is 25.5 Å². The second-order valence-corrected chi connectivity index (χ2v) is 4.72. The summed E-state index contributed by atoms with van der Waals surface area (Å²) in [5.41, 5.74) is 0.624. The highest BCUT2D eigenvalue weighted by molar-refractivity contribution is 5.93. The van der Waals surface area contributed by atoms with Crippen LogP contribution in [0.15, 0.2) is 18.5 Å². The van der Waals surface area contributed by atoms with Crippen LogP contribution in [0.4, 0.5) is 5.69 Å². The number of aromatic nitrogens is 1. The summed E-state index contributed by atoms with van der Waals surface area (Å²) in [6.45, 7) is 4.74. The number of carbonyl (C=O) groups is 1. The molecule has 17 heavy (non-hydrogen) atoms. The van der Waals surface area contributed by atoms with Gasteiger partial charge in [-0.15, -0.1) is 0 Å². The Hall–Kier alpha value is -1.62. The molecule has 1 aromatic heterocycles. The Morgan fingerprint density at radius 3 is 2.82 bits per heavy atom. The van der Waals surface area contributed by atoms with Crippen LogP contribution in [-0.2, 0) is 0 Å². The Balaban J connectivity index is 2.72. The first-order valence-corrected chi connectivity index (χ1v) is 5.48. The number of aromatic carboxylic acids is 1. The Bertz CT molecular complexity index is 391. The summed E-state index contributed by atoms with van der Waals surface area (Å²) in [5, 5.41) is 21.0. The van der Waals surface area contributed by atoms with Crippen molar-refractivity contribution in [3.63, 3.8) is 0 Å². The van der Waals surface area contributed by atoms with Crippen LogP contribution in [0.3, 0.4) is 0 Å². The fourth-order valence-corrected chi connectivity index (χ4v) is 1.44. The molecule has 0 fully saturated rings. The predicted molar refractivity (Wildman–Crippen MR) is 65.2 cm³/mol. The lowest BCUT2D eigenvalue weighted by molar-refractivity contribution is 0.0697. The molecule has 5 nitrogen and oxygen atoms in total. The molecule has 1 heterocycles. The highest BCUT2D eigenvalue weighted by Crippen LogP contribution is 2.22. The number of nitrogens with zero attached hydrogens (tertiary/aromatic N) is 1. The fourth-order valence-electron chi connectivity index (χ4n) is 1.44. The molecule has 1 aromatic rings. The molecular weight excluding hydrogens is 220 g/mol. The van der Waals surface area contributed by atoms with E-state index in [-0.39, 0.29) is 17.6 Å². The van der Waals surface area contributed by atoms with Gasteiger partial charge in [-0.2, -0.15) is 0 Å². The lowest BCUT2D eigenvalue weighted by Crippen LogP contribution is -2.25. The van der Waals surface area contributed by atoms with E-state index in [1.807, 2.05) is 13.8 Å². The van der Waals surface area contributed by atoms with Gasteiger partial charge in [0.2, 0.25) is 0 Å². The average molecular weight is 238 g/mol. The van der Waals surface area contributed by atoms with Crippen LogP contribution in [0, 0.1) is 5.41 Å². The quantitative estimate of drug-likeness (QED) is 0.701. The first kappa shape index (κ1) is 13.4. The molecular formula is C12H18N2O3. The molecule has 0 aliphatic heterocycles. The summed E-state index contributed by atoms with van der Waals surface area (Å²) < 4.78 is 0. The zero-order valence-electron chi connectivity index (χ0n) is 10.1. The van der Waals surface area contributed by atoms with Crippen molar-refractivity contribution in [1.29, 1.82) is 0 Å². The number of rotatable bonds is 6. The van der Waals surface area contributed by atoms with Crippen LogP contribution in [-0.4, -0.2) is 34.3 Å². The molecule has 94 valence electrons. The zero-order chi connectivity index (χ0) is 12.9. The molecule has 0 saturated heterocycles. The molecule has 0 radical (unpaired) electrons. The van der Waals surface area contributed by atoms with Gasteiger partial charge in [0.25, 0.3) is 0 Å². The minimum Gasteiger partial charge on any atom is -0.478 e. The van der Waals surface area contributed by atoms with Crippen molar-refractivity contribution in [2.24, 2.45) is 5.41 Å². The Kier molecular flexibility index (Phi) is 4.45. The molecule has 3 N–H and O–H groups in total. The molecule has 0 amide bonds. The van der Waals surface area contributed by atoms with Crippen molar-refractivity contribution in [1.82, 2.24) is 4.98 Å². The third-order valence-electron chi connectivity index (χ3n) is 2.60. The van der Waals surface area contributed by atoms with Crippen LogP contribution in [0.2, 0.25) is 0 Å². The van der Waals surface area contributed by atoms with E-state index in [1.165, 1.54) is 6.20 Å². The smallest absolute Gasteiger partial charge is 0.339 e. The van der Waals surface area contributed by atoms with E-state index in [1.54, 1.807) is 12.3 Å². The molecule has 0 aliphatic rings. The van der Waals surface area contributed by atoms with Crippen LogP contribution in [0.1, 0.15) is 30.6 Å². The minimum atomic E-state index is -0.999. The van der Waals surface area contributed by atoms with Gasteiger partial charge in [-0.3, -0.25) is 4.98 Å². The third kappa shape index (κ3) is 4.03. The van der Waals surface area contributed by atoms with E-state index in [0.717, 1.165) is 0 Å². The zero-order valence-corrected chi connectivity index (χ0v) is 10.1. The van der Waals surface area contributed by atoms with E-state index in [4.69, 9.17) is 10.2 Å². The molecule has 0 unspecified atom stereocenters. The third-order valence-corrected chi connectivity index (χ3v) is 2.60. The molecule has 0 bridgehead atoms. The van der Waals surface area contributed by atoms with Gasteiger partial charge in [-0.25, -0.2) is 4.79 Å². The Labute approximate surface area is 101 Å². The fraction of sp³-hybridized carbons (Fsp3) is 0.500. The van der Waals surface area contributed by atoms with Crippen LogP contribution in [0.5, 0.6) is 0 Å². The summed E-state index contributed by atoms with van der Waals surface area (Å²) in [6.07, 6.45) is 3.53. The van der Waals surface area contributed by atoms with Gasteiger partial charge < -0.3 is 15.5 Å². The maximum absolute atomic E-state index is 11.0. The lowest BCUT2D eigenvalue weighted by Gasteiger charge is -2.24. The number of hydrogen-bond donors (Lipinski definition) is 3. The van der Waals surface area contributed by atoms with Gasteiger partial charge in [0.15, 0.2) is 0 Å². The van der Waals surface area contributed by atoms with E-state index < -0.39 is 5.97 Å². The van der Waals surface area contributed by atoms with Gasteiger partial charge in [0.1, 0.15) is 5.56 Å². The van der Waals surface area contributed by atoms with Crippen molar-refractivity contribution in [2.75, 3.05) is 18.5 Å². The number of aliphatic hydroxyl groups excluding tert-OH is 1. The predicted octanol–water partition coefficient (Wildman–Crippen LogP) is 1.60. The number of carboxylic acids is 1. The first-order valence-electron chi connectivity index (χ1n) is 5.48. The van der Waals surface area contributed by atoms with Gasteiger partial charge in [0.05, 0.1) is 5.69 Å². The highest BCUT2D eigenvalue weighted by Gasteiger charge is 2.18. The summed E-state index contributed by atoms with van der Waals surface area (Å²) >= 11 is 0. The van der Waals surface area contributed by atoms with E-state index in [2.05, 4.69) is 10.3 Å². The van der Waals surface area contributed by atoms with E-state index in [9.17, 15) is 4.79 Å². The van der Waals surface area contributed by atoms with Crippen molar-refractivity contribution >= 4 is 11.7 Å². The van der Waals surface area contributed by atoms with Crippen molar-refractivity contribution in [3.8, 4) is 0 Å². The molecule has 0 saturated carbocycles. The Morgan fingerprint density at radius 2 is 2.24 bits per heavy atom. The maximum atomic E-state index is 11.0. The van der Waals surface area contributed by atoms with Crippen molar-refractivity contribution < 1.29 is 15.0 Å². The number of nitrogens with one attached hydrogen (secondary N) is 1. The lowest BCUT2D eigenvalue weighted by atomic mass is 9.89. The minimum absolute atomic E-state index is 0.0895. The topological polar surface area (TPSA) is 82.5 Å². The van der Waals surface area contributed by atoms with Crippen LogP contribution >= 0.6 is 0 Å². The highest BCUT2D eigenvalue weighted by atomic mass is 16.4. The molecule has 0 aliphatic carbocycles. The molecule has 1 rings (SSSR count). The SMILES string of the molecule is CC(C)(CCO)CNc1ccncc1C(=O)O. The summed E-state index contributed by atoms with van der Waals surface area (Å²) in [6, 6.07) is 1.64. The molecule has 0 aromatic carbocycles. The second kappa shape index (κ2) is 5.63. The molecule has 5 heteroatoms.